The molecule has 0 saturated carbocycles. The number of carbonyl (C=O) groups excluding carboxylic acids is 1. The third-order valence-corrected chi connectivity index (χ3v) is 6.29. The molecular weight excluding hydrogens is 384 g/mol. The molecule has 0 radical (unpaired) electrons. The number of nitrogens with zero attached hydrogens (tertiary/aromatic N) is 3. The minimum atomic E-state index is -0.0543. The van der Waals surface area contributed by atoms with Gasteiger partial charge in [-0.25, -0.2) is 4.98 Å². The van der Waals surface area contributed by atoms with E-state index in [-0.39, 0.29) is 11.9 Å². The first-order valence-corrected chi connectivity index (χ1v) is 10.8. The van der Waals surface area contributed by atoms with Crippen molar-refractivity contribution in [3.05, 3.63) is 70.4 Å². The fourth-order valence-corrected chi connectivity index (χ4v) is 4.48. The van der Waals surface area contributed by atoms with Gasteiger partial charge in [-0.3, -0.25) is 9.69 Å². The van der Waals surface area contributed by atoms with E-state index in [0.29, 0.717) is 18.7 Å². The van der Waals surface area contributed by atoms with Crippen LogP contribution in [0.3, 0.4) is 0 Å². The van der Waals surface area contributed by atoms with E-state index in [1.807, 2.05) is 29.9 Å². The Morgan fingerprint density at radius 3 is 2.69 bits per heavy atom. The molecule has 0 aliphatic carbocycles. The molecule has 1 unspecified atom stereocenters. The molecule has 152 valence electrons. The van der Waals surface area contributed by atoms with E-state index in [1.54, 1.807) is 29.7 Å². The summed E-state index contributed by atoms with van der Waals surface area (Å²) in [4.78, 5) is 20.7. The molecule has 2 aromatic heterocycles. The van der Waals surface area contributed by atoms with Crippen molar-refractivity contribution in [1.29, 1.82) is 0 Å². The van der Waals surface area contributed by atoms with E-state index in [0.717, 1.165) is 24.7 Å². The number of ether oxygens (including phenoxy) is 1. The summed E-state index contributed by atoms with van der Waals surface area (Å²) in [6, 6.07) is 11.8. The van der Waals surface area contributed by atoms with Gasteiger partial charge in [0.05, 0.1) is 6.04 Å². The minimum absolute atomic E-state index is 0.0543. The predicted octanol–water partition coefficient (Wildman–Crippen LogP) is 3.63. The molecule has 6 nitrogen and oxygen atoms in total. The third-order valence-electron chi connectivity index (χ3n) is 5.31. The molecule has 4 rings (SSSR count). The molecule has 3 heterocycles. The maximum absolute atomic E-state index is 12.7. The van der Waals surface area contributed by atoms with E-state index in [4.69, 9.17) is 4.74 Å². The average molecular weight is 411 g/mol. The zero-order valence-electron chi connectivity index (χ0n) is 16.6. The first kappa shape index (κ1) is 19.7. The molecule has 7 heteroatoms. The molecule has 1 saturated heterocycles. The van der Waals surface area contributed by atoms with Crippen molar-refractivity contribution >= 4 is 17.2 Å². The van der Waals surface area contributed by atoms with Gasteiger partial charge in [0.2, 0.25) is 0 Å². The van der Waals surface area contributed by atoms with Crippen LogP contribution < -0.4 is 10.1 Å². The lowest BCUT2D eigenvalue weighted by molar-refractivity contribution is 0.0938. The van der Waals surface area contributed by atoms with Gasteiger partial charge in [0.15, 0.2) is 0 Å². The van der Waals surface area contributed by atoms with Gasteiger partial charge in [0.25, 0.3) is 5.91 Å². The van der Waals surface area contributed by atoms with Gasteiger partial charge < -0.3 is 14.6 Å². The van der Waals surface area contributed by atoms with Crippen molar-refractivity contribution in [2.75, 3.05) is 19.6 Å². The molecule has 1 aliphatic heterocycles. The largest absolute Gasteiger partial charge is 0.486 e. The summed E-state index contributed by atoms with van der Waals surface area (Å²) in [5, 5.41) is 5.22. The highest BCUT2D eigenvalue weighted by atomic mass is 32.1. The number of imidazole rings is 1. The van der Waals surface area contributed by atoms with Crippen molar-refractivity contribution in [2.45, 2.75) is 25.5 Å². The molecular formula is C22H26N4O2S. The van der Waals surface area contributed by atoms with Gasteiger partial charge in [0, 0.05) is 36.4 Å². The van der Waals surface area contributed by atoms with Crippen LogP contribution in [0, 0.1) is 0 Å². The summed E-state index contributed by atoms with van der Waals surface area (Å²) >= 11 is 1.76. The van der Waals surface area contributed by atoms with E-state index >= 15 is 0 Å². The Kier molecular flexibility index (Phi) is 6.27. The number of carbonyl (C=O) groups is 1. The van der Waals surface area contributed by atoms with E-state index in [2.05, 4.69) is 32.7 Å². The highest BCUT2D eigenvalue weighted by Crippen LogP contribution is 2.28. The molecule has 3 aromatic rings. The molecule has 29 heavy (non-hydrogen) atoms. The predicted molar refractivity (Wildman–Crippen MR) is 114 cm³/mol. The Balaban J connectivity index is 1.33. The average Bonchev–Trinajstić information content (AvgIpc) is 3.51. The minimum Gasteiger partial charge on any atom is -0.486 e. The molecule has 0 spiro atoms. The lowest BCUT2D eigenvalue weighted by atomic mass is 10.1. The zero-order chi connectivity index (χ0) is 20.1. The molecule has 0 bridgehead atoms. The lowest BCUT2D eigenvalue weighted by Gasteiger charge is -2.26. The van der Waals surface area contributed by atoms with E-state index in [9.17, 15) is 4.79 Å². The summed E-state index contributed by atoms with van der Waals surface area (Å²) in [5.41, 5.74) is 0.640. The van der Waals surface area contributed by atoms with E-state index < -0.39 is 0 Å². The summed E-state index contributed by atoms with van der Waals surface area (Å²) in [6.07, 6.45) is 6.10. The SMILES string of the molecule is Cn1ccnc1COc1ccc(C(=O)NCC(c2cccs2)N2CCCC2)cc1. The number of aromatic nitrogens is 2. The number of hydrogen-bond acceptors (Lipinski definition) is 5. The van der Waals surface area contributed by atoms with Crippen molar-refractivity contribution in [3.8, 4) is 5.75 Å². The molecule has 1 N–H and O–H groups in total. The Morgan fingerprint density at radius 1 is 1.24 bits per heavy atom. The molecule has 1 aliphatic rings. The van der Waals surface area contributed by atoms with Crippen LogP contribution >= 0.6 is 11.3 Å². The Morgan fingerprint density at radius 2 is 2.03 bits per heavy atom. The summed E-state index contributed by atoms with van der Waals surface area (Å²) < 4.78 is 7.68. The van der Waals surface area contributed by atoms with Gasteiger partial charge in [-0.15, -0.1) is 11.3 Å². The van der Waals surface area contributed by atoms with Gasteiger partial charge in [-0.2, -0.15) is 0 Å². The number of thiophene rings is 1. The van der Waals surface area contributed by atoms with Gasteiger partial charge >= 0.3 is 0 Å². The second-order valence-corrected chi connectivity index (χ2v) is 8.23. The quantitative estimate of drug-likeness (QED) is 0.616. The van der Waals surface area contributed by atoms with Crippen LogP contribution in [0.15, 0.2) is 54.2 Å². The van der Waals surface area contributed by atoms with Crippen molar-refractivity contribution in [1.82, 2.24) is 19.8 Å². The van der Waals surface area contributed by atoms with Crippen LogP contribution in [0.25, 0.3) is 0 Å². The smallest absolute Gasteiger partial charge is 0.251 e. The van der Waals surface area contributed by atoms with Crippen LogP contribution in [0.4, 0.5) is 0 Å². The number of hydrogen-bond donors (Lipinski definition) is 1. The molecule has 1 aromatic carbocycles. The number of aryl methyl sites for hydroxylation is 1. The fourth-order valence-electron chi connectivity index (χ4n) is 3.62. The van der Waals surface area contributed by atoms with E-state index in [1.165, 1.54) is 17.7 Å². The van der Waals surface area contributed by atoms with Crippen LogP contribution in [-0.2, 0) is 13.7 Å². The monoisotopic (exact) mass is 410 g/mol. The standard InChI is InChI=1S/C22H26N4O2S/c1-25-13-10-23-21(25)16-28-18-8-6-17(7-9-18)22(27)24-15-19(20-5-4-14-29-20)26-11-2-3-12-26/h4-10,13-14,19H,2-3,11-12,15-16H2,1H3,(H,24,27). The highest BCUT2D eigenvalue weighted by molar-refractivity contribution is 7.10. The summed E-state index contributed by atoms with van der Waals surface area (Å²) in [5.74, 6) is 1.52. The first-order chi connectivity index (χ1) is 14.2. The lowest BCUT2D eigenvalue weighted by Crippen LogP contribution is -2.36. The van der Waals surface area contributed by atoms with Crippen LogP contribution in [-0.4, -0.2) is 40.0 Å². The maximum Gasteiger partial charge on any atom is 0.251 e. The van der Waals surface area contributed by atoms with Crippen molar-refractivity contribution in [2.24, 2.45) is 7.05 Å². The topological polar surface area (TPSA) is 59.4 Å². The van der Waals surface area contributed by atoms with Gasteiger partial charge in [-0.1, -0.05) is 6.07 Å². The highest BCUT2D eigenvalue weighted by Gasteiger charge is 2.24. The number of nitrogens with one attached hydrogen (secondary N) is 1. The van der Waals surface area contributed by atoms with Crippen LogP contribution in [0.1, 0.15) is 39.9 Å². The molecule has 1 atom stereocenters. The van der Waals surface area contributed by atoms with Crippen molar-refractivity contribution < 1.29 is 9.53 Å². The van der Waals surface area contributed by atoms with Gasteiger partial charge in [-0.05, 0) is 61.6 Å². The summed E-state index contributed by atoms with van der Waals surface area (Å²) in [7, 11) is 1.94. The number of rotatable bonds is 8. The fraction of sp³-hybridized carbons (Fsp3) is 0.364. The van der Waals surface area contributed by atoms with Crippen molar-refractivity contribution in [3.63, 3.8) is 0 Å². The molecule has 1 amide bonds. The Labute approximate surface area is 175 Å². The van der Waals surface area contributed by atoms with Crippen LogP contribution in [0.5, 0.6) is 5.75 Å². The molecule has 1 fully saturated rings. The van der Waals surface area contributed by atoms with Gasteiger partial charge in [0.1, 0.15) is 18.2 Å². The third kappa shape index (κ3) is 4.86. The van der Waals surface area contributed by atoms with Crippen LogP contribution in [0.2, 0.25) is 0 Å². The normalized spacial score (nSPS) is 15.3. The summed E-state index contributed by atoms with van der Waals surface area (Å²) in [6.45, 7) is 3.21. The number of likely N-dealkylation sites (tertiary alicyclic amines) is 1. The first-order valence-electron chi connectivity index (χ1n) is 9.95. The zero-order valence-corrected chi connectivity index (χ0v) is 17.4. The number of benzene rings is 1. The maximum atomic E-state index is 12.7. The Hall–Kier alpha value is -2.64. The second-order valence-electron chi connectivity index (χ2n) is 7.25. The Bertz CT molecular complexity index is 915. The second kappa shape index (κ2) is 9.24. The number of amides is 1.